The van der Waals surface area contributed by atoms with Crippen molar-refractivity contribution in [3.8, 4) is 45.2 Å². The van der Waals surface area contributed by atoms with Gasteiger partial charge in [-0.3, -0.25) is 0 Å². The first-order valence-corrected chi connectivity index (χ1v) is 18.2. The third-order valence-corrected chi connectivity index (χ3v) is 11.2. The third kappa shape index (κ3) is 4.50. The summed E-state index contributed by atoms with van der Waals surface area (Å²) in [7, 11) is 0. The predicted molar refractivity (Wildman–Crippen MR) is 217 cm³/mol. The van der Waals surface area contributed by atoms with Crippen LogP contribution in [0.4, 0.5) is 0 Å². The third-order valence-electron chi connectivity index (χ3n) is 10.1. The quantitative estimate of drug-likeness (QED) is 0.174. The Balaban J connectivity index is 1.15. The molecule has 7 aromatic carbocycles. The highest BCUT2D eigenvalue weighted by Crippen LogP contribution is 2.43. The van der Waals surface area contributed by atoms with Gasteiger partial charge < -0.3 is 4.42 Å². The molecule has 0 amide bonds. The Morgan fingerprint density at radius 1 is 0.423 bits per heavy atom. The van der Waals surface area contributed by atoms with Crippen molar-refractivity contribution >= 4 is 75.1 Å². The van der Waals surface area contributed by atoms with E-state index >= 15 is 0 Å². The van der Waals surface area contributed by atoms with Crippen molar-refractivity contribution in [1.29, 1.82) is 0 Å². The van der Waals surface area contributed by atoms with Crippen LogP contribution in [-0.2, 0) is 0 Å². The highest BCUT2D eigenvalue weighted by Gasteiger charge is 2.19. The van der Waals surface area contributed by atoms with Crippen LogP contribution in [0.2, 0.25) is 0 Å². The lowest BCUT2D eigenvalue weighted by Crippen LogP contribution is -1.96. The maximum atomic E-state index is 6.76. The second kappa shape index (κ2) is 11.4. The summed E-state index contributed by atoms with van der Waals surface area (Å²) in [5.74, 6) is 0.695. The number of rotatable bonds is 4. The molecule has 4 heterocycles. The van der Waals surface area contributed by atoms with Crippen molar-refractivity contribution in [2.45, 2.75) is 0 Å². The predicted octanol–water partition coefficient (Wildman–Crippen LogP) is 13.1. The van der Waals surface area contributed by atoms with Gasteiger partial charge in [-0.25, -0.2) is 15.0 Å². The average Bonchev–Trinajstić information content (AvgIpc) is 3.79. The number of fused-ring (bicyclic) bond motifs is 10. The molecule has 52 heavy (non-hydrogen) atoms. The van der Waals surface area contributed by atoms with Crippen LogP contribution >= 0.6 is 11.3 Å². The van der Waals surface area contributed by atoms with Gasteiger partial charge in [0.05, 0.1) is 22.6 Å². The second-order valence-electron chi connectivity index (χ2n) is 13.1. The van der Waals surface area contributed by atoms with Crippen LogP contribution in [0.3, 0.4) is 0 Å². The van der Waals surface area contributed by atoms with Crippen molar-refractivity contribution in [3.63, 3.8) is 0 Å². The van der Waals surface area contributed by atoms with Gasteiger partial charge in [-0.1, -0.05) is 115 Å². The summed E-state index contributed by atoms with van der Waals surface area (Å²) in [5, 5.41) is 7.80. The zero-order valence-electron chi connectivity index (χ0n) is 27.7. The first-order chi connectivity index (χ1) is 25.8. The van der Waals surface area contributed by atoms with Gasteiger partial charge in [-0.2, -0.15) is 0 Å². The van der Waals surface area contributed by atoms with Crippen LogP contribution in [0.5, 0.6) is 0 Å². The van der Waals surface area contributed by atoms with Crippen LogP contribution in [0, 0.1) is 0 Å². The van der Waals surface area contributed by atoms with Crippen LogP contribution < -0.4 is 0 Å². The van der Waals surface area contributed by atoms with E-state index in [-0.39, 0.29) is 0 Å². The molecule has 0 aliphatic rings. The Morgan fingerprint density at radius 2 is 1.13 bits per heavy atom. The molecule has 0 spiro atoms. The van der Waals surface area contributed by atoms with Crippen LogP contribution in [-0.4, -0.2) is 15.0 Å². The van der Waals surface area contributed by atoms with E-state index in [1.807, 2.05) is 41.7 Å². The molecule has 0 N–H and O–H groups in total. The molecule has 0 fully saturated rings. The number of benzene rings is 7. The maximum Gasteiger partial charge on any atom is 0.160 e. The van der Waals surface area contributed by atoms with Crippen molar-refractivity contribution in [2.75, 3.05) is 0 Å². The van der Waals surface area contributed by atoms with E-state index in [1.165, 1.54) is 20.2 Å². The molecule has 4 aromatic heterocycles. The molecule has 11 rings (SSSR count). The van der Waals surface area contributed by atoms with E-state index in [2.05, 4.69) is 133 Å². The lowest BCUT2D eigenvalue weighted by molar-refractivity contribution is 0.673. The number of furan rings is 1. The summed E-state index contributed by atoms with van der Waals surface area (Å²) >= 11 is 1.82. The second-order valence-corrected chi connectivity index (χ2v) is 14.2. The van der Waals surface area contributed by atoms with E-state index in [0.717, 1.165) is 82.9 Å². The minimum atomic E-state index is 0.695. The fourth-order valence-electron chi connectivity index (χ4n) is 7.68. The van der Waals surface area contributed by atoms with Crippen molar-refractivity contribution < 1.29 is 4.42 Å². The monoisotopic (exact) mass is 681 g/mol. The van der Waals surface area contributed by atoms with Gasteiger partial charge in [0, 0.05) is 69.4 Å². The van der Waals surface area contributed by atoms with Gasteiger partial charge in [0.2, 0.25) is 0 Å². The lowest BCUT2D eigenvalue weighted by atomic mass is 9.97. The fraction of sp³-hybridized carbons (Fsp3) is 0. The molecule has 0 saturated carbocycles. The zero-order chi connectivity index (χ0) is 34.2. The lowest BCUT2D eigenvalue weighted by Gasteiger charge is -2.11. The smallest absolute Gasteiger partial charge is 0.160 e. The van der Waals surface area contributed by atoms with E-state index in [4.69, 9.17) is 19.4 Å². The minimum Gasteiger partial charge on any atom is -0.455 e. The normalized spacial score (nSPS) is 11.8. The van der Waals surface area contributed by atoms with Gasteiger partial charge in [0.1, 0.15) is 11.2 Å². The molecule has 5 heteroatoms. The minimum absolute atomic E-state index is 0.695. The van der Waals surface area contributed by atoms with E-state index in [9.17, 15) is 0 Å². The molecule has 0 bridgehead atoms. The number of hydrogen-bond acceptors (Lipinski definition) is 5. The number of pyridine rings is 1. The zero-order valence-corrected chi connectivity index (χ0v) is 28.6. The number of nitrogens with zero attached hydrogens (tertiary/aromatic N) is 3. The molecule has 4 nitrogen and oxygen atoms in total. The summed E-state index contributed by atoms with van der Waals surface area (Å²) in [6.45, 7) is 0. The van der Waals surface area contributed by atoms with Gasteiger partial charge in [-0.05, 0) is 48.5 Å². The average molecular weight is 682 g/mol. The maximum absolute atomic E-state index is 6.76. The van der Waals surface area contributed by atoms with Gasteiger partial charge >= 0.3 is 0 Å². The molecule has 0 aliphatic heterocycles. The molecular formula is C47H27N3OS. The topological polar surface area (TPSA) is 51.8 Å². The number of para-hydroxylation sites is 1. The number of thiophene rings is 1. The standard InChI is InChI=1S/C47H27N3OS/c1-3-12-28(13-4-1)45-35-24-23-31-36-26-30(22-25-40(36)51-46(31)44(35)32-16-7-9-19-37(32)48-45)38-27-39(50-47(49-38)29-14-5-2-6-15-29)33-18-11-21-42-43(33)34-17-8-10-20-41(34)52-42/h1-27H. The Hall–Kier alpha value is -6.69. The molecule has 0 saturated heterocycles. The summed E-state index contributed by atoms with van der Waals surface area (Å²) in [6, 6.07) is 57.0. The van der Waals surface area contributed by atoms with E-state index < -0.39 is 0 Å². The Labute approximate surface area is 302 Å². The van der Waals surface area contributed by atoms with Crippen LogP contribution in [0.1, 0.15) is 0 Å². The Bertz CT molecular complexity index is 3180. The SMILES string of the molecule is c1ccc(-c2nc(-c3ccc4oc5c(ccc6c(-c7ccccc7)nc7ccccc7c65)c4c3)cc(-c3cccc4sc5ccccc5c34)n2)cc1. The van der Waals surface area contributed by atoms with Crippen molar-refractivity contribution in [3.05, 3.63) is 164 Å². The first-order valence-electron chi connectivity index (χ1n) is 17.4. The highest BCUT2D eigenvalue weighted by molar-refractivity contribution is 7.25. The van der Waals surface area contributed by atoms with Crippen LogP contribution in [0.15, 0.2) is 168 Å². The van der Waals surface area contributed by atoms with Crippen molar-refractivity contribution in [1.82, 2.24) is 15.0 Å². The molecular weight excluding hydrogens is 655 g/mol. The number of aromatic nitrogens is 3. The number of hydrogen-bond donors (Lipinski definition) is 0. The highest BCUT2D eigenvalue weighted by atomic mass is 32.1. The summed E-state index contributed by atoms with van der Waals surface area (Å²) < 4.78 is 9.28. The Morgan fingerprint density at radius 3 is 2.00 bits per heavy atom. The first kappa shape index (κ1) is 29.1. The molecule has 0 radical (unpaired) electrons. The molecule has 11 aromatic rings. The molecule has 242 valence electrons. The molecule has 0 aliphatic carbocycles. The van der Waals surface area contributed by atoms with Gasteiger partial charge in [-0.15, -0.1) is 11.3 Å². The van der Waals surface area contributed by atoms with Gasteiger partial charge in [0.15, 0.2) is 5.82 Å². The fourth-order valence-corrected chi connectivity index (χ4v) is 8.81. The summed E-state index contributed by atoms with van der Waals surface area (Å²) in [5.41, 5.74) is 9.51. The van der Waals surface area contributed by atoms with E-state index in [0.29, 0.717) is 5.82 Å². The van der Waals surface area contributed by atoms with Crippen LogP contribution in [0.25, 0.3) is 109 Å². The largest absolute Gasteiger partial charge is 0.455 e. The van der Waals surface area contributed by atoms with E-state index in [1.54, 1.807) is 0 Å². The summed E-state index contributed by atoms with van der Waals surface area (Å²) in [6.07, 6.45) is 0. The van der Waals surface area contributed by atoms with Gasteiger partial charge in [0.25, 0.3) is 0 Å². The van der Waals surface area contributed by atoms with Crippen molar-refractivity contribution in [2.24, 2.45) is 0 Å². The Kier molecular flexibility index (Phi) is 6.39. The summed E-state index contributed by atoms with van der Waals surface area (Å²) in [4.78, 5) is 15.5. The molecule has 0 atom stereocenters. The molecule has 0 unspecified atom stereocenters.